The first-order chi connectivity index (χ1) is 21.6. The van der Waals surface area contributed by atoms with Crippen molar-refractivity contribution in [3.8, 4) is 0 Å². The van der Waals surface area contributed by atoms with E-state index in [2.05, 4.69) is 19.3 Å². The highest BCUT2D eigenvalue weighted by Crippen LogP contribution is 2.33. The second-order valence-electron chi connectivity index (χ2n) is 10.4. The molecule has 0 radical (unpaired) electrons. The third-order valence-corrected chi connectivity index (χ3v) is 7.63. The molecule has 1 amide bonds. The number of hydrogen-bond donors (Lipinski definition) is 7. The molecular formula is C23H41N7O14P2. The molecule has 1 aliphatic heterocycles. The molecule has 0 saturated carbocycles. The lowest BCUT2D eigenvalue weighted by Crippen LogP contribution is -2.49. The smallest absolute Gasteiger partial charge is 0.320 e. The van der Waals surface area contributed by atoms with E-state index in [0.717, 1.165) is 0 Å². The van der Waals surface area contributed by atoms with Gasteiger partial charge in [-0.05, 0) is 0 Å². The average molecular weight is 702 g/mol. The Morgan fingerprint density at radius 3 is 1.52 bits per heavy atom. The fourth-order valence-electron chi connectivity index (χ4n) is 4.58. The molecule has 7 N–H and O–H groups in total. The van der Waals surface area contributed by atoms with Crippen molar-refractivity contribution in [2.75, 3.05) is 85.1 Å². The van der Waals surface area contributed by atoms with Gasteiger partial charge in [0.2, 0.25) is 5.91 Å². The van der Waals surface area contributed by atoms with Crippen molar-refractivity contribution in [3.05, 3.63) is 18.2 Å². The van der Waals surface area contributed by atoms with Crippen molar-refractivity contribution in [2.24, 2.45) is 0 Å². The molecule has 2 rings (SSSR count). The van der Waals surface area contributed by atoms with Crippen LogP contribution in [-0.2, 0) is 50.3 Å². The molecule has 262 valence electrons. The highest BCUT2D eigenvalue weighted by molar-refractivity contribution is 7.33. The number of rotatable bonds is 17. The molecule has 1 aromatic heterocycles. The minimum atomic E-state index is -3.74. The third-order valence-electron chi connectivity index (χ3n) is 6.64. The predicted molar refractivity (Wildman–Crippen MR) is 157 cm³/mol. The van der Waals surface area contributed by atoms with E-state index in [0.29, 0.717) is 5.69 Å². The Kier molecular flexibility index (Phi) is 16.9. The minimum absolute atomic E-state index is 0.0795. The first-order valence-corrected chi connectivity index (χ1v) is 16.5. The van der Waals surface area contributed by atoms with Crippen molar-refractivity contribution in [1.29, 1.82) is 0 Å². The van der Waals surface area contributed by atoms with Gasteiger partial charge < -0.3 is 40.1 Å². The fraction of sp³-hybridized carbons (Fsp3) is 0.696. The molecule has 1 saturated heterocycles. The maximum Gasteiger partial charge on any atom is 0.320 e. The summed E-state index contributed by atoms with van der Waals surface area (Å²) in [5.74, 6) is -6.41. The molecule has 2 heterocycles. The van der Waals surface area contributed by atoms with Gasteiger partial charge in [-0.1, -0.05) is 0 Å². The Labute approximate surface area is 264 Å². The van der Waals surface area contributed by atoms with E-state index in [1.54, 1.807) is 19.6 Å². The first-order valence-electron chi connectivity index (χ1n) is 14.0. The van der Waals surface area contributed by atoms with E-state index < -0.39 is 46.9 Å². The Bertz CT molecular complexity index is 1170. The van der Waals surface area contributed by atoms with Crippen LogP contribution in [0.5, 0.6) is 0 Å². The zero-order valence-corrected chi connectivity index (χ0v) is 26.9. The van der Waals surface area contributed by atoms with Crippen LogP contribution in [0.25, 0.3) is 0 Å². The van der Waals surface area contributed by atoms with Crippen LogP contribution < -0.4 is 5.32 Å². The lowest BCUT2D eigenvalue weighted by atomic mass is 10.3. The molecule has 1 aliphatic rings. The van der Waals surface area contributed by atoms with Crippen molar-refractivity contribution >= 4 is 40.3 Å². The van der Waals surface area contributed by atoms with Crippen LogP contribution in [0.2, 0.25) is 0 Å². The zero-order valence-electron chi connectivity index (χ0n) is 24.9. The molecule has 21 nitrogen and oxygen atoms in total. The van der Waals surface area contributed by atoms with E-state index in [9.17, 15) is 48.7 Å². The number of aliphatic hydroxyl groups is 1. The molecule has 0 aliphatic carbocycles. The Hall–Kier alpha value is -2.81. The third kappa shape index (κ3) is 16.7. The molecule has 23 heteroatoms. The molecule has 0 bridgehead atoms. The second-order valence-corrected chi connectivity index (χ2v) is 11.8. The number of carboxylic acid groups (broad SMARTS) is 3. The van der Waals surface area contributed by atoms with E-state index in [4.69, 9.17) is 9.79 Å². The van der Waals surface area contributed by atoms with E-state index in [1.807, 2.05) is 0 Å². The van der Waals surface area contributed by atoms with Gasteiger partial charge in [0, 0.05) is 71.5 Å². The van der Waals surface area contributed by atoms with E-state index in [1.165, 1.54) is 17.1 Å². The number of imidazole rings is 1. The van der Waals surface area contributed by atoms with Gasteiger partial charge >= 0.3 is 40.4 Å². The average Bonchev–Trinajstić information content (AvgIpc) is 3.34. The normalized spacial score (nSPS) is 19.3. The van der Waals surface area contributed by atoms with Gasteiger partial charge in [0.15, 0.2) is 0 Å². The largest absolute Gasteiger partial charge is 0.480 e. The monoisotopic (exact) mass is 701 g/mol. The fourth-order valence-corrected chi connectivity index (χ4v) is 5.43. The van der Waals surface area contributed by atoms with Crippen molar-refractivity contribution in [2.45, 2.75) is 18.9 Å². The maximum absolute atomic E-state index is 12.8. The number of carbonyl (C=O) groups excluding carboxylic acids is 1. The van der Waals surface area contributed by atoms with Crippen molar-refractivity contribution < 1.29 is 67.6 Å². The van der Waals surface area contributed by atoms with Crippen LogP contribution in [0.3, 0.4) is 0 Å². The summed E-state index contributed by atoms with van der Waals surface area (Å²) < 4.78 is 31.9. The summed E-state index contributed by atoms with van der Waals surface area (Å²) in [4.78, 5) is 75.7. The standard InChI is InChI=1S/C23H41N7O14P2/c31-19(24-2-1-18-11-30(17-25-18)16-23(38,43-45(39)40)44-46(41)42)12-26-3-5-27(13-20(32)33)7-9-29(15-22(36)37)10-8-28(6-4-26)14-21(34)35/h11,17,38,45-46H,1-10,12-16H2,(H,24,31)(H,32,33)(H,34,35)(H,36,37)(H,39,40)(H,41,42). The summed E-state index contributed by atoms with van der Waals surface area (Å²) in [5.41, 5.74) is 0.424. The zero-order chi connectivity index (χ0) is 34.3. The molecular weight excluding hydrogens is 660 g/mol. The summed E-state index contributed by atoms with van der Waals surface area (Å²) in [6.07, 6.45) is 2.83. The minimum Gasteiger partial charge on any atom is -0.480 e. The van der Waals surface area contributed by atoms with Gasteiger partial charge in [-0.3, -0.25) is 57.0 Å². The summed E-state index contributed by atoms with van der Waals surface area (Å²) in [6, 6.07) is 0. The van der Waals surface area contributed by atoms with Crippen molar-refractivity contribution in [1.82, 2.24) is 34.5 Å². The van der Waals surface area contributed by atoms with Crippen LogP contribution in [0, 0.1) is 0 Å². The lowest BCUT2D eigenvalue weighted by molar-refractivity contribution is -0.281. The first kappa shape index (κ1) is 39.4. The molecule has 0 spiro atoms. The lowest BCUT2D eigenvalue weighted by Gasteiger charge is -2.32. The molecule has 46 heavy (non-hydrogen) atoms. The van der Waals surface area contributed by atoms with Gasteiger partial charge in [-0.2, -0.15) is 0 Å². The molecule has 1 aromatic rings. The number of hydrogen-bond acceptors (Lipinski definition) is 14. The summed E-state index contributed by atoms with van der Waals surface area (Å²) in [6.45, 7) is 0.601. The van der Waals surface area contributed by atoms with Crippen LogP contribution in [0.15, 0.2) is 12.5 Å². The summed E-state index contributed by atoms with van der Waals surface area (Å²) >= 11 is 0. The summed E-state index contributed by atoms with van der Waals surface area (Å²) in [5, 5.41) is 40.9. The highest BCUT2D eigenvalue weighted by atomic mass is 31.1. The molecule has 2 atom stereocenters. The number of nitrogens with zero attached hydrogens (tertiary/aromatic N) is 6. The second kappa shape index (κ2) is 19.8. The SMILES string of the molecule is O=C(O)CN1CCN(CC(=O)O)CCN(CC(=O)NCCc2cn(CC(O)(O[PH](=O)O)O[PH](=O)O)cn2)CCN(CC(=O)O)CC1. The number of carbonyl (C=O) groups is 4. The Morgan fingerprint density at radius 1 is 0.761 bits per heavy atom. The van der Waals surface area contributed by atoms with Crippen LogP contribution in [-0.4, -0.2) is 174 Å². The van der Waals surface area contributed by atoms with Crippen LogP contribution in [0.4, 0.5) is 0 Å². The molecule has 2 unspecified atom stereocenters. The maximum atomic E-state index is 12.8. The predicted octanol–water partition coefficient (Wildman–Crippen LogP) is -3.54. The van der Waals surface area contributed by atoms with E-state index in [-0.39, 0.29) is 97.4 Å². The highest BCUT2D eigenvalue weighted by Gasteiger charge is 2.34. The van der Waals surface area contributed by atoms with E-state index >= 15 is 0 Å². The Morgan fingerprint density at radius 2 is 1.15 bits per heavy atom. The number of amides is 1. The van der Waals surface area contributed by atoms with Crippen molar-refractivity contribution in [3.63, 3.8) is 0 Å². The summed E-state index contributed by atoms with van der Waals surface area (Å²) in [7, 11) is -7.48. The van der Waals surface area contributed by atoms with Crippen LogP contribution in [0.1, 0.15) is 5.69 Å². The molecule has 0 aromatic carbocycles. The Balaban J connectivity index is 2.00. The number of nitrogens with one attached hydrogen (secondary N) is 1. The topological polar surface area (TPSA) is 285 Å². The van der Waals surface area contributed by atoms with Gasteiger partial charge in [0.25, 0.3) is 0 Å². The van der Waals surface area contributed by atoms with Gasteiger partial charge in [-0.25, -0.2) is 4.98 Å². The van der Waals surface area contributed by atoms with Gasteiger partial charge in [0.05, 0.1) is 38.2 Å². The number of aliphatic carboxylic acids is 3. The quantitative estimate of drug-likeness (QED) is 0.0611. The number of carboxylic acids is 3. The van der Waals surface area contributed by atoms with Gasteiger partial charge in [0.1, 0.15) is 6.54 Å². The van der Waals surface area contributed by atoms with Crippen LogP contribution >= 0.6 is 16.5 Å². The number of aromatic nitrogens is 2. The molecule has 1 fully saturated rings. The van der Waals surface area contributed by atoms with Gasteiger partial charge in [-0.15, -0.1) is 0 Å².